The smallest absolute Gasteiger partial charge is 0.239 e. The lowest BCUT2D eigenvalue weighted by Crippen LogP contribution is -2.41. The number of hydrogen-bond acceptors (Lipinski definition) is 2. The number of nitrogens with zero attached hydrogens (tertiary/aromatic N) is 1. The van der Waals surface area contributed by atoms with Crippen LogP contribution in [0.5, 0.6) is 0 Å². The van der Waals surface area contributed by atoms with E-state index >= 15 is 0 Å². The van der Waals surface area contributed by atoms with Crippen LogP contribution >= 0.6 is 35.6 Å². The number of rotatable bonds is 4. The molecule has 1 aromatic carbocycles. The van der Waals surface area contributed by atoms with E-state index in [0.29, 0.717) is 23.1 Å². The van der Waals surface area contributed by atoms with E-state index < -0.39 is 6.04 Å². The molecule has 0 bridgehead atoms. The van der Waals surface area contributed by atoms with Gasteiger partial charge < -0.3 is 10.6 Å². The van der Waals surface area contributed by atoms with Crippen LogP contribution in [0.2, 0.25) is 10.0 Å². The van der Waals surface area contributed by atoms with Crippen molar-refractivity contribution in [2.24, 2.45) is 5.73 Å². The van der Waals surface area contributed by atoms with E-state index in [1.807, 2.05) is 13.0 Å². The summed E-state index contributed by atoms with van der Waals surface area (Å²) in [6.07, 6.45) is 0. The Balaban J connectivity index is 0.00000289. The molecule has 1 rings (SSSR count). The third-order valence-corrected chi connectivity index (χ3v) is 3.18. The number of carbonyl (C=O) groups excluding carboxylic acids is 1. The number of nitrogens with two attached hydrogens (primary N) is 1. The average molecular weight is 312 g/mol. The van der Waals surface area contributed by atoms with E-state index in [-0.39, 0.29) is 18.3 Å². The molecule has 1 aromatic rings. The molecule has 0 fully saturated rings. The highest BCUT2D eigenvalue weighted by Crippen LogP contribution is 2.23. The van der Waals surface area contributed by atoms with Gasteiger partial charge >= 0.3 is 0 Å². The first-order valence-electron chi connectivity index (χ1n) is 5.44. The number of likely N-dealkylation sites (N-methyl/N-ethyl adjacent to an activating group) is 1. The predicted octanol–water partition coefficient (Wildman–Crippen LogP) is 3.11. The van der Waals surface area contributed by atoms with Crippen LogP contribution in [-0.4, -0.2) is 23.4 Å². The zero-order valence-electron chi connectivity index (χ0n) is 10.3. The lowest BCUT2D eigenvalue weighted by atomic mass is 10.2. The van der Waals surface area contributed by atoms with Gasteiger partial charge in [0.2, 0.25) is 5.91 Å². The molecule has 0 unspecified atom stereocenters. The van der Waals surface area contributed by atoms with Crippen molar-refractivity contribution in [3.63, 3.8) is 0 Å². The number of carbonyl (C=O) groups is 1. The summed E-state index contributed by atoms with van der Waals surface area (Å²) in [4.78, 5) is 13.5. The van der Waals surface area contributed by atoms with E-state index in [1.165, 1.54) is 0 Å². The van der Waals surface area contributed by atoms with Crippen molar-refractivity contribution in [2.45, 2.75) is 26.4 Å². The molecule has 0 heterocycles. The minimum atomic E-state index is -0.488. The summed E-state index contributed by atoms with van der Waals surface area (Å²) in [5.41, 5.74) is 6.52. The molecule has 3 nitrogen and oxygen atoms in total. The molecule has 2 N–H and O–H groups in total. The van der Waals surface area contributed by atoms with Gasteiger partial charge in [-0.25, -0.2) is 0 Å². The van der Waals surface area contributed by atoms with Crippen LogP contribution in [0.25, 0.3) is 0 Å². The van der Waals surface area contributed by atoms with Gasteiger partial charge in [0.1, 0.15) is 0 Å². The lowest BCUT2D eigenvalue weighted by molar-refractivity contribution is -0.132. The van der Waals surface area contributed by atoms with Gasteiger partial charge in [-0.05, 0) is 31.5 Å². The quantitative estimate of drug-likeness (QED) is 0.928. The second-order valence-corrected chi connectivity index (χ2v) is 4.70. The van der Waals surface area contributed by atoms with Crippen molar-refractivity contribution >= 4 is 41.5 Å². The summed E-state index contributed by atoms with van der Waals surface area (Å²) in [5, 5.41) is 1.01. The highest BCUT2D eigenvalue weighted by atomic mass is 35.5. The van der Waals surface area contributed by atoms with Crippen molar-refractivity contribution in [2.75, 3.05) is 6.54 Å². The Kier molecular flexibility index (Phi) is 7.64. The predicted molar refractivity (Wildman–Crippen MR) is 78.5 cm³/mol. The Morgan fingerprint density at radius 2 is 2.00 bits per heavy atom. The maximum Gasteiger partial charge on any atom is 0.239 e. The van der Waals surface area contributed by atoms with Crippen molar-refractivity contribution in [1.29, 1.82) is 0 Å². The molecule has 0 aliphatic rings. The molecule has 0 aliphatic carbocycles. The minimum absolute atomic E-state index is 0. The normalized spacial score (nSPS) is 11.6. The first kappa shape index (κ1) is 17.5. The topological polar surface area (TPSA) is 46.3 Å². The van der Waals surface area contributed by atoms with Gasteiger partial charge in [0.25, 0.3) is 0 Å². The number of amides is 1. The summed E-state index contributed by atoms with van der Waals surface area (Å²) < 4.78 is 0. The molecule has 18 heavy (non-hydrogen) atoms. The average Bonchev–Trinajstić information content (AvgIpc) is 2.29. The molecule has 1 atom stereocenters. The monoisotopic (exact) mass is 310 g/mol. The highest BCUT2D eigenvalue weighted by Gasteiger charge is 2.16. The van der Waals surface area contributed by atoms with Crippen molar-refractivity contribution in [3.05, 3.63) is 33.8 Å². The van der Waals surface area contributed by atoms with Gasteiger partial charge in [-0.3, -0.25) is 4.79 Å². The summed E-state index contributed by atoms with van der Waals surface area (Å²) in [6, 6.07) is 4.85. The lowest BCUT2D eigenvalue weighted by Gasteiger charge is -2.23. The van der Waals surface area contributed by atoms with Gasteiger partial charge in [-0.2, -0.15) is 0 Å². The second kappa shape index (κ2) is 7.85. The van der Waals surface area contributed by atoms with Crippen LogP contribution in [0.15, 0.2) is 18.2 Å². The molecule has 0 saturated carbocycles. The van der Waals surface area contributed by atoms with Crippen LogP contribution in [0.4, 0.5) is 0 Å². The first-order chi connectivity index (χ1) is 7.95. The van der Waals surface area contributed by atoms with Gasteiger partial charge in [0.05, 0.1) is 16.1 Å². The molecule has 0 saturated heterocycles. The number of benzene rings is 1. The van der Waals surface area contributed by atoms with Gasteiger partial charge in [0, 0.05) is 13.1 Å². The van der Waals surface area contributed by atoms with Crippen LogP contribution in [0.3, 0.4) is 0 Å². The fraction of sp³-hybridized carbons (Fsp3) is 0.417. The Bertz CT molecular complexity index is 410. The van der Waals surface area contributed by atoms with E-state index in [4.69, 9.17) is 28.9 Å². The first-order valence-corrected chi connectivity index (χ1v) is 6.19. The van der Waals surface area contributed by atoms with E-state index in [1.54, 1.807) is 24.0 Å². The molecule has 0 radical (unpaired) electrons. The Morgan fingerprint density at radius 3 is 2.44 bits per heavy atom. The summed E-state index contributed by atoms with van der Waals surface area (Å²) in [7, 11) is 0. The zero-order valence-corrected chi connectivity index (χ0v) is 12.6. The molecular formula is C12H17Cl3N2O. The molecular weight excluding hydrogens is 295 g/mol. The summed E-state index contributed by atoms with van der Waals surface area (Å²) in [6.45, 7) is 4.70. The SMILES string of the molecule is CCN(Cc1ccc(Cl)c(Cl)c1)C(=O)[C@H](C)N.Cl. The Hall–Kier alpha value is -0.480. The Labute approximate surface area is 124 Å². The standard InChI is InChI=1S/C12H16Cl2N2O.ClH/c1-3-16(12(17)8(2)15)7-9-4-5-10(13)11(14)6-9;/h4-6,8H,3,7,15H2,1-2H3;1H/t8-;/m0./s1. The summed E-state index contributed by atoms with van der Waals surface area (Å²) >= 11 is 11.8. The van der Waals surface area contributed by atoms with Crippen LogP contribution in [-0.2, 0) is 11.3 Å². The van der Waals surface area contributed by atoms with Gasteiger partial charge in [0.15, 0.2) is 0 Å². The van der Waals surface area contributed by atoms with Crippen molar-refractivity contribution in [1.82, 2.24) is 4.90 Å². The fourth-order valence-electron chi connectivity index (χ4n) is 1.49. The maximum atomic E-state index is 11.8. The molecule has 1 amide bonds. The Morgan fingerprint density at radius 1 is 1.39 bits per heavy atom. The molecule has 0 aromatic heterocycles. The van der Waals surface area contributed by atoms with E-state index in [9.17, 15) is 4.79 Å². The zero-order chi connectivity index (χ0) is 13.0. The minimum Gasteiger partial charge on any atom is -0.337 e. The van der Waals surface area contributed by atoms with Crippen LogP contribution in [0, 0.1) is 0 Å². The van der Waals surface area contributed by atoms with Gasteiger partial charge in [-0.15, -0.1) is 12.4 Å². The molecule has 0 spiro atoms. The van der Waals surface area contributed by atoms with E-state index in [2.05, 4.69) is 0 Å². The third-order valence-electron chi connectivity index (χ3n) is 2.44. The van der Waals surface area contributed by atoms with Crippen molar-refractivity contribution < 1.29 is 4.79 Å². The molecule has 6 heteroatoms. The third kappa shape index (κ3) is 4.65. The molecule has 0 aliphatic heterocycles. The van der Waals surface area contributed by atoms with E-state index in [0.717, 1.165) is 5.56 Å². The summed E-state index contributed by atoms with van der Waals surface area (Å²) in [5.74, 6) is -0.0708. The number of hydrogen-bond donors (Lipinski definition) is 1. The van der Waals surface area contributed by atoms with Crippen LogP contribution in [0.1, 0.15) is 19.4 Å². The molecule has 102 valence electrons. The number of halogens is 3. The maximum absolute atomic E-state index is 11.8. The highest BCUT2D eigenvalue weighted by molar-refractivity contribution is 6.42. The van der Waals surface area contributed by atoms with Gasteiger partial charge in [-0.1, -0.05) is 29.3 Å². The second-order valence-electron chi connectivity index (χ2n) is 3.89. The largest absolute Gasteiger partial charge is 0.337 e. The van der Waals surface area contributed by atoms with Crippen molar-refractivity contribution in [3.8, 4) is 0 Å². The fourth-order valence-corrected chi connectivity index (χ4v) is 1.81. The van der Waals surface area contributed by atoms with Crippen LogP contribution < -0.4 is 5.73 Å².